The van der Waals surface area contributed by atoms with Gasteiger partial charge in [-0.2, -0.15) is 0 Å². The zero-order valence-electron chi connectivity index (χ0n) is 15.6. The minimum absolute atomic E-state index is 0.145. The first kappa shape index (κ1) is 18.5. The van der Waals surface area contributed by atoms with Gasteiger partial charge in [-0.3, -0.25) is 14.5 Å². The van der Waals surface area contributed by atoms with E-state index in [9.17, 15) is 14.7 Å². The number of amides is 1. The summed E-state index contributed by atoms with van der Waals surface area (Å²) in [5.74, 6) is 0.526. The Hall–Kier alpha value is -2.86. The number of para-hydroxylation sites is 3. The zero-order chi connectivity index (χ0) is 19.6. The summed E-state index contributed by atoms with van der Waals surface area (Å²) in [5, 5.41) is 12.6. The van der Waals surface area contributed by atoms with E-state index in [4.69, 9.17) is 4.74 Å². The number of aliphatic carboxylic acids is 1. The van der Waals surface area contributed by atoms with Crippen molar-refractivity contribution in [2.45, 2.75) is 19.3 Å². The molecule has 1 aliphatic carbocycles. The van der Waals surface area contributed by atoms with Gasteiger partial charge in [0.15, 0.2) is 5.75 Å². The van der Waals surface area contributed by atoms with Gasteiger partial charge in [0.2, 0.25) is 5.91 Å². The number of nitrogens with one attached hydrogen (secondary N) is 1. The second kappa shape index (κ2) is 7.64. The molecule has 2 fully saturated rings. The normalized spacial score (nSPS) is 23.9. The van der Waals surface area contributed by atoms with Crippen LogP contribution in [-0.4, -0.2) is 41.5 Å². The highest BCUT2D eigenvalue weighted by atomic mass is 16.5. The van der Waals surface area contributed by atoms with Crippen molar-refractivity contribution >= 4 is 17.6 Å². The predicted octanol–water partition coefficient (Wildman–Crippen LogP) is 3.60. The monoisotopic (exact) mass is 380 g/mol. The SMILES string of the molecule is O=C(CN1C[C@@H]2CCC[C@@]2(C(=O)O)C1)Nc1ccccc1Oc1ccccc1. The molecule has 2 aromatic rings. The molecule has 0 bridgehead atoms. The maximum Gasteiger partial charge on any atom is 0.311 e. The Labute approximate surface area is 164 Å². The molecule has 2 atom stereocenters. The first-order valence-electron chi connectivity index (χ1n) is 9.64. The van der Waals surface area contributed by atoms with Gasteiger partial charge >= 0.3 is 5.97 Å². The lowest BCUT2D eigenvalue weighted by Crippen LogP contribution is -2.37. The smallest absolute Gasteiger partial charge is 0.311 e. The molecule has 6 nitrogen and oxygen atoms in total. The molecule has 1 amide bonds. The van der Waals surface area contributed by atoms with Crippen LogP contribution in [0.4, 0.5) is 5.69 Å². The standard InChI is InChI=1S/C22H24N2O4/c25-20(14-24-13-16-7-6-12-22(16,15-24)21(26)27)23-18-10-4-5-11-19(18)28-17-8-2-1-3-9-17/h1-5,8-11,16H,6-7,12-15H2,(H,23,25)(H,26,27)/t16-,22+/m0/s1. The van der Waals surface area contributed by atoms with Crippen LogP contribution in [0.5, 0.6) is 11.5 Å². The van der Waals surface area contributed by atoms with Crippen molar-refractivity contribution in [3.8, 4) is 11.5 Å². The molecule has 2 aromatic carbocycles. The van der Waals surface area contributed by atoms with Crippen LogP contribution < -0.4 is 10.1 Å². The van der Waals surface area contributed by atoms with Gasteiger partial charge in [-0.15, -0.1) is 0 Å². The van der Waals surface area contributed by atoms with E-state index >= 15 is 0 Å². The van der Waals surface area contributed by atoms with Crippen molar-refractivity contribution in [3.63, 3.8) is 0 Å². The number of fused-ring (bicyclic) bond motifs is 1. The molecule has 2 N–H and O–H groups in total. The van der Waals surface area contributed by atoms with Crippen molar-refractivity contribution < 1.29 is 19.4 Å². The van der Waals surface area contributed by atoms with Gasteiger partial charge in [0, 0.05) is 13.1 Å². The summed E-state index contributed by atoms with van der Waals surface area (Å²) in [7, 11) is 0. The molecule has 2 aliphatic rings. The van der Waals surface area contributed by atoms with Gasteiger partial charge in [0.25, 0.3) is 0 Å². The fourth-order valence-electron chi connectivity index (χ4n) is 4.53. The van der Waals surface area contributed by atoms with Crippen molar-refractivity contribution in [2.24, 2.45) is 11.3 Å². The van der Waals surface area contributed by atoms with E-state index in [0.717, 1.165) is 12.8 Å². The molecule has 1 saturated heterocycles. The average molecular weight is 380 g/mol. The first-order chi connectivity index (χ1) is 13.6. The number of carbonyl (C=O) groups excluding carboxylic acids is 1. The van der Waals surface area contributed by atoms with E-state index < -0.39 is 11.4 Å². The van der Waals surface area contributed by atoms with Gasteiger partial charge in [-0.25, -0.2) is 0 Å². The number of rotatable bonds is 6. The summed E-state index contributed by atoms with van der Waals surface area (Å²) in [6, 6.07) is 16.7. The summed E-state index contributed by atoms with van der Waals surface area (Å²) in [4.78, 5) is 26.4. The first-order valence-corrected chi connectivity index (χ1v) is 9.64. The number of hydrogen-bond donors (Lipinski definition) is 2. The fourth-order valence-corrected chi connectivity index (χ4v) is 4.53. The molecular weight excluding hydrogens is 356 g/mol. The van der Waals surface area contributed by atoms with Crippen molar-refractivity contribution in [3.05, 3.63) is 54.6 Å². The molecule has 1 saturated carbocycles. The molecule has 0 spiro atoms. The van der Waals surface area contributed by atoms with Gasteiger partial charge in [0.1, 0.15) is 5.75 Å². The van der Waals surface area contributed by atoms with Crippen LogP contribution in [0, 0.1) is 11.3 Å². The number of nitrogens with zero attached hydrogens (tertiary/aromatic N) is 1. The van der Waals surface area contributed by atoms with Crippen LogP contribution in [0.3, 0.4) is 0 Å². The Morgan fingerprint density at radius 3 is 2.64 bits per heavy atom. The van der Waals surface area contributed by atoms with Crippen molar-refractivity contribution in [2.75, 3.05) is 25.0 Å². The molecule has 6 heteroatoms. The largest absolute Gasteiger partial charge is 0.481 e. The fraction of sp³-hybridized carbons (Fsp3) is 0.364. The molecule has 0 radical (unpaired) electrons. The molecule has 0 aromatic heterocycles. The van der Waals surface area contributed by atoms with E-state index in [1.165, 1.54) is 0 Å². The van der Waals surface area contributed by atoms with E-state index in [2.05, 4.69) is 5.32 Å². The van der Waals surface area contributed by atoms with Gasteiger partial charge in [0.05, 0.1) is 17.6 Å². The average Bonchev–Trinajstić information content (AvgIpc) is 3.22. The number of carboxylic acids is 1. The van der Waals surface area contributed by atoms with Crippen LogP contribution in [0.25, 0.3) is 0 Å². The van der Waals surface area contributed by atoms with E-state index in [0.29, 0.717) is 36.7 Å². The number of hydrogen-bond acceptors (Lipinski definition) is 4. The Morgan fingerprint density at radius 2 is 1.89 bits per heavy atom. The Balaban J connectivity index is 1.40. The van der Waals surface area contributed by atoms with E-state index in [-0.39, 0.29) is 18.4 Å². The molecule has 1 heterocycles. The number of carbonyl (C=O) groups is 2. The summed E-state index contributed by atoms with van der Waals surface area (Å²) in [6.07, 6.45) is 2.60. The maximum absolute atomic E-state index is 12.6. The van der Waals surface area contributed by atoms with E-state index in [1.54, 1.807) is 6.07 Å². The zero-order valence-corrected chi connectivity index (χ0v) is 15.6. The number of benzene rings is 2. The lowest BCUT2D eigenvalue weighted by atomic mass is 9.81. The Morgan fingerprint density at radius 1 is 1.14 bits per heavy atom. The summed E-state index contributed by atoms with van der Waals surface area (Å²) in [5.41, 5.74) is -0.0714. The lowest BCUT2D eigenvalue weighted by molar-refractivity contribution is -0.149. The molecule has 1 aliphatic heterocycles. The van der Waals surface area contributed by atoms with Crippen LogP contribution in [-0.2, 0) is 9.59 Å². The number of anilines is 1. The highest BCUT2D eigenvalue weighted by Crippen LogP contribution is 2.48. The Bertz CT molecular complexity index is 870. The van der Waals surface area contributed by atoms with Crippen molar-refractivity contribution in [1.82, 2.24) is 4.90 Å². The topological polar surface area (TPSA) is 78.9 Å². The lowest BCUT2D eigenvalue weighted by Gasteiger charge is -2.23. The van der Waals surface area contributed by atoms with Gasteiger partial charge < -0.3 is 15.2 Å². The third kappa shape index (κ3) is 3.60. The van der Waals surface area contributed by atoms with Crippen LogP contribution in [0.15, 0.2) is 54.6 Å². The highest BCUT2D eigenvalue weighted by molar-refractivity contribution is 5.93. The summed E-state index contributed by atoms with van der Waals surface area (Å²) < 4.78 is 5.88. The quantitative estimate of drug-likeness (QED) is 0.800. The molecule has 28 heavy (non-hydrogen) atoms. The van der Waals surface area contributed by atoms with Gasteiger partial charge in [-0.05, 0) is 43.0 Å². The molecule has 4 rings (SSSR count). The molecule has 0 unspecified atom stereocenters. The minimum atomic E-state index is -0.723. The Kier molecular flexibility index (Phi) is 5.05. The van der Waals surface area contributed by atoms with Crippen molar-refractivity contribution in [1.29, 1.82) is 0 Å². The third-order valence-corrected chi connectivity index (χ3v) is 5.87. The predicted molar refractivity (Wildman–Crippen MR) is 105 cm³/mol. The highest BCUT2D eigenvalue weighted by Gasteiger charge is 2.54. The van der Waals surface area contributed by atoms with Crippen LogP contribution in [0.1, 0.15) is 19.3 Å². The number of ether oxygens (including phenoxy) is 1. The van der Waals surface area contributed by atoms with Gasteiger partial charge in [-0.1, -0.05) is 36.8 Å². The number of likely N-dealkylation sites (tertiary alicyclic amines) is 1. The third-order valence-electron chi connectivity index (χ3n) is 5.87. The molecule has 146 valence electrons. The van der Waals surface area contributed by atoms with Crippen LogP contribution in [0.2, 0.25) is 0 Å². The van der Waals surface area contributed by atoms with Crippen LogP contribution >= 0.6 is 0 Å². The van der Waals surface area contributed by atoms with E-state index in [1.807, 2.05) is 53.4 Å². The molecular formula is C22H24N2O4. The maximum atomic E-state index is 12.6. The summed E-state index contributed by atoms with van der Waals surface area (Å²) in [6.45, 7) is 1.30. The second-order valence-corrected chi connectivity index (χ2v) is 7.68. The minimum Gasteiger partial charge on any atom is -0.481 e. The number of carboxylic acid groups (broad SMARTS) is 1. The summed E-state index contributed by atoms with van der Waals surface area (Å²) >= 11 is 0. The second-order valence-electron chi connectivity index (χ2n) is 7.68.